The first kappa shape index (κ1) is 23.5. The third-order valence-corrected chi connectivity index (χ3v) is 7.94. The Morgan fingerprint density at radius 3 is 2.91 bits per heavy atom. The van der Waals surface area contributed by atoms with Gasteiger partial charge in [0.1, 0.15) is 18.1 Å². The topological polar surface area (TPSA) is 103 Å². The number of carbonyl (C=O) groups is 1. The number of thiophene rings is 1. The van der Waals surface area contributed by atoms with E-state index in [1.165, 1.54) is 10.5 Å². The summed E-state index contributed by atoms with van der Waals surface area (Å²) in [7, 11) is 0. The van der Waals surface area contributed by atoms with Gasteiger partial charge >= 0.3 is 0 Å². The van der Waals surface area contributed by atoms with Crippen molar-refractivity contribution in [1.82, 2.24) is 14.5 Å². The van der Waals surface area contributed by atoms with Crippen molar-refractivity contribution in [3.05, 3.63) is 76.6 Å². The van der Waals surface area contributed by atoms with E-state index in [0.717, 1.165) is 33.4 Å². The molecule has 0 radical (unpaired) electrons. The molecule has 3 N–H and O–H groups in total. The van der Waals surface area contributed by atoms with Crippen LogP contribution >= 0.6 is 34.4 Å². The maximum Gasteiger partial charge on any atom is 0.268 e. The van der Waals surface area contributed by atoms with Gasteiger partial charge in [0.15, 0.2) is 4.34 Å². The number of nitrogens with two attached hydrogens (primary N) is 1. The number of rotatable bonds is 12. The number of imidazole rings is 1. The molecular formula is C23H24N4O3S3. The standard InChI is InChI=1S/C23H24N4O3S3/c24-22(29)19-13-27(15-26-19)12-17(28)6-3-5-16-4-1-2-7-20(16)30-14-18-8-9-21(32-18)33-23-25-10-11-31-23/h1-2,4,7-11,13,15,17,28H,3,5-6,12,14H2,(H2,24,29)/t17-/m0/s1. The summed E-state index contributed by atoms with van der Waals surface area (Å²) in [4.78, 5) is 20.5. The quantitative estimate of drug-likeness (QED) is 0.294. The highest BCUT2D eigenvalue weighted by Crippen LogP contribution is 2.35. The second-order valence-corrected chi connectivity index (χ2v) is 11.0. The summed E-state index contributed by atoms with van der Waals surface area (Å²) < 4.78 is 10.0. The van der Waals surface area contributed by atoms with Crippen LogP contribution in [-0.4, -0.2) is 31.7 Å². The number of aliphatic hydroxyl groups is 1. The Kier molecular flexibility index (Phi) is 8.16. The summed E-state index contributed by atoms with van der Waals surface area (Å²) in [6.07, 6.45) is 6.59. The number of hydrogen-bond acceptors (Lipinski definition) is 8. The highest BCUT2D eigenvalue weighted by atomic mass is 32.2. The predicted molar refractivity (Wildman–Crippen MR) is 131 cm³/mol. The van der Waals surface area contributed by atoms with Crippen molar-refractivity contribution in [2.24, 2.45) is 5.73 Å². The highest BCUT2D eigenvalue weighted by Gasteiger charge is 2.11. The maximum absolute atomic E-state index is 11.1. The van der Waals surface area contributed by atoms with Crippen molar-refractivity contribution >= 4 is 40.3 Å². The molecule has 0 saturated heterocycles. The van der Waals surface area contributed by atoms with Crippen LogP contribution in [0.1, 0.15) is 33.8 Å². The Morgan fingerprint density at radius 1 is 1.24 bits per heavy atom. The van der Waals surface area contributed by atoms with Crippen LogP contribution in [0, 0.1) is 0 Å². The van der Waals surface area contributed by atoms with E-state index in [2.05, 4.69) is 28.2 Å². The number of benzene rings is 1. The summed E-state index contributed by atoms with van der Waals surface area (Å²) in [5.74, 6) is 0.298. The van der Waals surface area contributed by atoms with Crippen LogP contribution in [0.5, 0.6) is 5.75 Å². The molecule has 1 atom stereocenters. The summed E-state index contributed by atoms with van der Waals surface area (Å²) in [6.45, 7) is 0.893. The zero-order chi connectivity index (χ0) is 23.0. The first-order valence-electron chi connectivity index (χ1n) is 10.4. The third kappa shape index (κ3) is 6.91. The SMILES string of the molecule is NC(=O)c1cn(C[C@@H](O)CCCc2ccccc2OCc2ccc(Sc3nccs3)s2)cn1. The first-order valence-corrected chi connectivity index (χ1v) is 12.9. The van der Waals surface area contributed by atoms with E-state index in [-0.39, 0.29) is 5.69 Å². The number of nitrogens with zero attached hydrogens (tertiary/aromatic N) is 3. The van der Waals surface area contributed by atoms with Crippen molar-refractivity contribution in [3.8, 4) is 5.75 Å². The fourth-order valence-electron chi connectivity index (χ4n) is 3.29. The Balaban J connectivity index is 1.25. The Labute approximate surface area is 204 Å². The van der Waals surface area contributed by atoms with E-state index in [4.69, 9.17) is 10.5 Å². The predicted octanol–water partition coefficient (Wildman–Crippen LogP) is 4.61. The number of amides is 1. The zero-order valence-corrected chi connectivity index (χ0v) is 20.2. The number of para-hydroxylation sites is 1. The van der Waals surface area contributed by atoms with Crippen LogP contribution in [0.25, 0.3) is 0 Å². The fraction of sp³-hybridized carbons (Fsp3) is 0.261. The van der Waals surface area contributed by atoms with Gasteiger partial charge in [-0.3, -0.25) is 4.79 Å². The van der Waals surface area contributed by atoms with E-state index in [9.17, 15) is 9.90 Å². The Morgan fingerprint density at radius 2 is 2.12 bits per heavy atom. The van der Waals surface area contributed by atoms with Gasteiger partial charge < -0.3 is 20.1 Å². The lowest BCUT2D eigenvalue weighted by Crippen LogP contribution is -2.15. The third-order valence-electron chi connectivity index (χ3n) is 4.87. The van der Waals surface area contributed by atoms with Crippen molar-refractivity contribution < 1.29 is 14.6 Å². The Bertz CT molecular complexity index is 1170. The monoisotopic (exact) mass is 500 g/mol. The lowest BCUT2D eigenvalue weighted by atomic mass is 10.0. The molecule has 0 aliphatic rings. The molecule has 0 unspecified atom stereocenters. The van der Waals surface area contributed by atoms with Gasteiger partial charge in [0, 0.05) is 29.2 Å². The number of primary amides is 1. The minimum atomic E-state index is -0.572. The van der Waals surface area contributed by atoms with E-state index >= 15 is 0 Å². The second-order valence-electron chi connectivity index (χ2n) is 7.38. The molecule has 0 aliphatic heterocycles. The van der Waals surface area contributed by atoms with Crippen LogP contribution < -0.4 is 10.5 Å². The number of aromatic nitrogens is 3. The largest absolute Gasteiger partial charge is 0.488 e. The molecule has 4 aromatic rings. The van der Waals surface area contributed by atoms with Gasteiger partial charge in [-0.05, 0) is 54.8 Å². The molecule has 0 saturated carbocycles. The van der Waals surface area contributed by atoms with E-state index in [0.29, 0.717) is 19.6 Å². The molecule has 7 nitrogen and oxygen atoms in total. The minimum absolute atomic E-state index is 0.202. The summed E-state index contributed by atoms with van der Waals surface area (Å²) in [5, 5.41) is 12.3. The average Bonchev–Trinajstić information content (AvgIpc) is 3.56. The molecule has 0 aliphatic carbocycles. The van der Waals surface area contributed by atoms with Crippen molar-refractivity contribution in [2.75, 3.05) is 0 Å². The normalized spacial score (nSPS) is 12.0. The molecule has 172 valence electrons. The number of hydrogen-bond donors (Lipinski definition) is 2. The van der Waals surface area contributed by atoms with Crippen LogP contribution in [0.3, 0.4) is 0 Å². The summed E-state index contributed by atoms with van der Waals surface area (Å²) >= 11 is 5.03. The van der Waals surface area contributed by atoms with Crippen LogP contribution in [0.4, 0.5) is 0 Å². The van der Waals surface area contributed by atoms with Gasteiger partial charge in [-0.1, -0.05) is 18.2 Å². The fourth-order valence-corrected chi connectivity index (χ4v) is 6.23. The van der Waals surface area contributed by atoms with E-state index in [1.807, 2.05) is 29.8 Å². The smallest absolute Gasteiger partial charge is 0.268 e. The van der Waals surface area contributed by atoms with Gasteiger partial charge in [0.25, 0.3) is 5.91 Å². The molecular weight excluding hydrogens is 476 g/mol. The van der Waals surface area contributed by atoms with E-state index < -0.39 is 12.0 Å². The summed E-state index contributed by atoms with van der Waals surface area (Å²) in [6, 6.07) is 12.2. The molecule has 33 heavy (non-hydrogen) atoms. The van der Waals surface area contributed by atoms with E-state index in [1.54, 1.807) is 45.2 Å². The molecule has 0 bridgehead atoms. The molecule has 1 amide bonds. The Hall–Kier alpha value is -2.66. The van der Waals surface area contributed by atoms with Gasteiger partial charge in [-0.15, -0.1) is 22.7 Å². The molecule has 1 aromatic carbocycles. The zero-order valence-electron chi connectivity index (χ0n) is 17.8. The highest BCUT2D eigenvalue weighted by molar-refractivity contribution is 8.02. The number of thiazole rings is 1. The molecule has 4 rings (SSSR count). The molecule has 3 aromatic heterocycles. The molecule has 0 fully saturated rings. The minimum Gasteiger partial charge on any atom is -0.488 e. The number of aliphatic hydroxyl groups excluding tert-OH is 1. The van der Waals surface area contributed by atoms with Gasteiger partial charge in [0.2, 0.25) is 0 Å². The summed E-state index contributed by atoms with van der Waals surface area (Å²) in [5.41, 5.74) is 6.54. The van der Waals surface area contributed by atoms with Crippen molar-refractivity contribution in [1.29, 1.82) is 0 Å². The molecule has 10 heteroatoms. The van der Waals surface area contributed by atoms with Crippen molar-refractivity contribution in [3.63, 3.8) is 0 Å². The van der Waals surface area contributed by atoms with Crippen LogP contribution in [0.2, 0.25) is 0 Å². The molecule has 3 heterocycles. The lowest BCUT2D eigenvalue weighted by molar-refractivity contribution is 0.0995. The lowest BCUT2D eigenvalue weighted by Gasteiger charge is -2.13. The van der Waals surface area contributed by atoms with Gasteiger partial charge in [-0.25, -0.2) is 9.97 Å². The number of aryl methyl sites for hydroxylation is 1. The van der Waals surface area contributed by atoms with Gasteiger partial charge in [0.05, 0.1) is 16.6 Å². The number of ether oxygens (including phenoxy) is 1. The average molecular weight is 501 g/mol. The number of carbonyl (C=O) groups excluding carboxylic acids is 1. The maximum atomic E-state index is 11.1. The van der Waals surface area contributed by atoms with Crippen LogP contribution in [-0.2, 0) is 19.6 Å². The van der Waals surface area contributed by atoms with Gasteiger partial charge in [-0.2, -0.15) is 0 Å². The first-order chi connectivity index (χ1) is 16.1. The van der Waals surface area contributed by atoms with Crippen LogP contribution in [0.15, 0.2) is 69.0 Å². The second kappa shape index (κ2) is 11.5. The molecule has 0 spiro atoms. The van der Waals surface area contributed by atoms with Crippen molar-refractivity contribution in [2.45, 2.75) is 47.1 Å².